The van der Waals surface area contributed by atoms with Gasteiger partial charge in [-0.05, 0) is 6.42 Å². The van der Waals surface area contributed by atoms with Gasteiger partial charge in [-0.15, -0.1) is 0 Å². The van der Waals surface area contributed by atoms with Crippen molar-refractivity contribution >= 4 is 17.4 Å². The summed E-state index contributed by atoms with van der Waals surface area (Å²) in [6.45, 7) is 1.06. The van der Waals surface area contributed by atoms with Crippen molar-refractivity contribution in [3.05, 3.63) is 42.5 Å². The number of carbonyl (C=O) groups excluding carboxylic acids is 1. The number of nitrogens with zero attached hydrogens (tertiary/aromatic N) is 7. The highest BCUT2D eigenvalue weighted by Crippen LogP contribution is 2.30. The molecule has 30 heavy (non-hydrogen) atoms. The first-order chi connectivity index (χ1) is 14.6. The molecule has 0 N–H and O–H groups in total. The van der Waals surface area contributed by atoms with Gasteiger partial charge in [0.05, 0.1) is 31.7 Å². The van der Waals surface area contributed by atoms with Gasteiger partial charge in [-0.3, -0.25) is 9.78 Å². The Morgan fingerprint density at radius 2 is 2.13 bits per heavy atom. The number of ether oxygens (including phenoxy) is 1. The molecule has 1 amide bonds. The van der Waals surface area contributed by atoms with E-state index < -0.39 is 17.9 Å². The summed E-state index contributed by atoms with van der Waals surface area (Å²) in [6, 6.07) is 0. The van der Waals surface area contributed by atoms with Crippen molar-refractivity contribution in [1.29, 1.82) is 0 Å². The van der Waals surface area contributed by atoms with Crippen LogP contribution in [0.3, 0.4) is 0 Å². The summed E-state index contributed by atoms with van der Waals surface area (Å²) in [4.78, 5) is 28.7. The van der Waals surface area contributed by atoms with Crippen LogP contribution in [-0.4, -0.2) is 67.8 Å². The van der Waals surface area contributed by atoms with E-state index in [0.717, 1.165) is 6.20 Å². The maximum absolute atomic E-state index is 15.1. The van der Waals surface area contributed by atoms with Crippen LogP contribution in [0.15, 0.2) is 31.1 Å². The summed E-state index contributed by atoms with van der Waals surface area (Å²) in [6.07, 6.45) is 6.20. The van der Waals surface area contributed by atoms with E-state index in [4.69, 9.17) is 4.74 Å². The zero-order valence-electron chi connectivity index (χ0n) is 16.0. The summed E-state index contributed by atoms with van der Waals surface area (Å²) in [7, 11) is 0. The summed E-state index contributed by atoms with van der Waals surface area (Å²) < 4.78 is 36.1. The molecule has 1 fully saturated rings. The Balaban J connectivity index is 1.31. The molecular weight excluding hydrogens is 396 g/mol. The summed E-state index contributed by atoms with van der Waals surface area (Å²) >= 11 is 0. The number of aromatic nitrogens is 5. The van der Waals surface area contributed by atoms with Crippen LogP contribution in [-0.2, 0) is 11.3 Å². The molecule has 5 rings (SSSR count). The number of piperidine rings is 1. The van der Waals surface area contributed by atoms with Crippen molar-refractivity contribution in [3.63, 3.8) is 0 Å². The first-order valence-electron chi connectivity index (χ1n) is 9.69. The number of carbonyl (C=O) groups is 1. The molecule has 3 aromatic heterocycles. The second-order valence-electron chi connectivity index (χ2n) is 7.35. The molecule has 1 saturated heterocycles. The van der Waals surface area contributed by atoms with Crippen molar-refractivity contribution in [3.8, 4) is 5.75 Å². The van der Waals surface area contributed by atoms with Crippen LogP contribution in [0.5, 0.6) is 5.75 Å². The lowest BCUT2D eigenvalue weighted by Gasteiger charge is -2.36. The van der Waals surface area contributed by atoms with Gasteiger partial charge < -0.3 is 14.5 Å². The minimum absolute atomic E-state index is 0.0348. The van der Waals surface area contributed by atoms with E-state index in [0.29, 0.717) is 30.0 Å². The lowest BCUT2D eigenvalue weighted by molar-refractivity contribution is -0.139. The highest BCUT2D eigenvalue weighted by Gasteiger charge is 2.38. The van der Waals surface area contributed by atoms with Crippen molar-refractivity contribution < 1.29 is 18.3 Å². The third kappa shape index (κ3) is 3.19. The van der Waals surface area contributed by atoms with E-state index in [1.165, 1.54) is 17.4 Å². The molecule has 3 aromatic rings. The van der Waals surface area contributed by atoms with Crippen molar-refractivity contribution in [2.24, 2.45) is 5.92 Å². The number of halogens is 2. The van der Waals surface area contributed by atoms with Crippen LogP contribution < -0.4 is 9.64 Å². The number of rotatable bonds is 2. The largest absolute Gasteiger partial charge is 0.488 e. The summed E-state index contributed by atoms with van der Waals surface area (Å²) in [5, 5.41) is 4.07. The molecule has 11 heteroatoms. The molecule has 1 unspecified atom stereocenters. The molecule has 0 radical (unpaired) electrons. The fraction of sp³-hybridized carbons (Fsp3) is 0.421. The Kier molecular flexibility index (Phi) is 4.64. The third-order valence-electron chi connectivity index (χ3n) is 5.54. The number of hydrogen-bond donors (Lipinski definition) is 0. The molecule has 9 nitrogen and oxygen atoms in total. The van der Waals surface area contributed by atoms with Gasteiger partial charge in [-0.25, -0.2) is 23.3 Å². The normalized spacial score (nSPS) is 21.8. The van der Waals surface area contributed by atoms with Crippen molar-refractivity contribution in [2.45, 2.75) is 19.1 Å². The topological polar surface area (TPSA) is 88.8 Å². The molecule has 0 aliphatic carbocycles. The van der Waals surface area contributed by atoms with Gasteiger partial charge in [0.15, 0.2) is 23.0 Å². The van der Waals surface area contributed by atoms with E-state index in [9.17, 15) is 9.18 Å². The zero-order valence-corrected chi connectivity index (χ0v) is 16.0. The molecular formula is C19H19F2N7O2. The van der Waals surface area contributed by atoms with Crippen LogP contribution in [0, 0.1) is 11.7 Å². The van der Waals surface area contributed by atoms with E-state index in [-0.39, 0.29) is 37.9 Å². The molecule has 156 valence electrons. The minimum Gasteiger partial charge on any atom is -0.488 e. The predicted molar refractivity (Wildman–Crippen MR) is 101 cm³/mol. The minimum atomic E-state index is -1.37. The number of amides is 1. The van der Waals surface area contributed by atoms with E-state index >= 15 is 4.39 Å². The fourth-order valence-corrected chi connectivity index (χ4v) is 4.05. The summed E-state index contributed by atoms with van der Waals surface area (Å²) in [5.74, 6) is -0.978. The quantitative estimate of drug-likeness (QED) is 0.622. The lowest BCUT2D eigenvalue weighted by Crippen LogP contribution is -2.49. The Hall–Kier alpha value is -3.37. The average molecular weight is 415 g/mol. The van der Waals surface area contributed by atoms with Gasteiger partial charge in [0.2, 0.25) is 5.91 Å². The first kappa shape index (κ1) is 18.6. The van der Waals surface area contributed by atoms with Crippen LogP contribution >= 0.6 is 0 Å². The number of alkyl halides is 1. The van der Waals surface area contributed by atoms with Crippen molar-refractivity contribution in [1.82, 2.24) is 29.5 Å². The van der Waals surface area contributed by atoms with Crippen LogP contribution in [0.2, 0.25) is 0 Å². The molecule has 2 aliphatic rings. The second kappa shape index (κ2) is 7.47. The molecule has 2 atom stereocenters. The lowest BCUT2D eigenvalue weighted by atomic mass is 9.93. The average Bonchev–Trinajstić information content (AvgIpc) is 3.12. The monoisotopic (exact) mass is 415 g/mol. The van der Waals surface area contributed by atoms with E-state index in [2.05, 4.69) is 20.1 Å². The first-order valence-corrected chi connectivity index (χ1v) is 9.69. The molecule has 0 aromatic carbocycles. The SMILES string of the molecule is O=C(C1CCN(c2nccn3ncnc23)C[C@@H]1F)N1CCOc2c(F)cncc2C1. The van der Waals surface area contributed by atoms with Gasteiger partial charge >= 0.3 is 0 Å². The molecule has 0 saturated carbocycles. The van der Waals surface area contributed by atoms with Gasteiger partial charge in [-0.1, -0.05) is 0 Å². The van der Waals surface area contributed by atoms with Crippen LogP contribution in [0.25, 0.3) is 5.65 Å². The Bertz CT molecular complexity index is 1090. The third-order valence-corrected chi connectivity index (χ3v) is 5.54. The van der Waals surface area contributed by atoms with Gasteiger partial charge in [-0.2, -0.15) is 5.10 Å². The van der Waals surface area contributed by atoms with E-state index in [1.807, 2.05) is 0 Å². The maximum Gasteiger partial charge on any atom is 0.229 e. The van der Waals surface area contributed by atoms with Gasteiger partial charge in [0.25, 0.3) is 0 Å². The highest BCUT2D eigenvalue weighted by atomic mass is 19.1. The van der Waals surface area contributed by atoms with Crippen LogP contribution in [0.1, 0.15) is 12.0 Å². The van der Waals surface area contributed by atoms with Crippen molar-refractivity contribution in [2.75, 3.05) is 31.1 Å². The molecule has 2 aliphatic heterocycles. The standard InChI is InChI=1S/C19H19F2N7O2/c20-14-8-22-7-12-9-27(5-6-30-16(12)14)19(29)13-1-3-26(10-15(13)21)17-18-24-11-25-28(18)4-2-23-17/h2,4,7-8,11,13,15H,1,3,5-6,9-10H2/t13?,15-/m0/s1. The molecule has 0 bridgehead atoms. The maximum atomic E-state index is 15.1. The molecule has 5 heterocycles. The predicted octanol–water partition coefficient (Wildman–Crippen LogP) is 1.24. The number of pyridine rings is 1. The Morgan fingerprint density at radius 3 is 3.00 bits per heavy atom. The smallest absolute Gasteiger partial charge is 0.229 e. The van der Waals surface area contributed by atoms with Gasteiger partial charge in [0.1, 0.15) is 19.1 Å². The zero-order chi connectivity index (χ0) is 20.7. The molecule has 0 spiro atoms. The van der Waals surface area contributed by atoms with Gasteiger partial charge in [0, 0.05) is 30.7 Å². The van der Waals surface area contributed by atoms with E-state index in [1.54, 1.807) is 21.8 Å². The Morgan fingerprint density at radius 1 is 1.23 bits per heavy atom. The number of hydrogen-bond acceptors (Lipinski definition) is 7. The number of anilines is 1. The fourth-order valence-electron chi connectivity index (χ4n) is 4.05. The highest BCUT2D eigenvalue weighted by molar-refractivity contribution is 5.80. The van der Waals surface area contributed by atoms with Crippen LogP contribution in [0.4, 0.5) is 14.6 Å². The Labute approximate surface area is 170 Å². The number of fused-ring (bicyclic) bond motifs is 2. The second-order valence-corrected chi connectivity index (χ2v) is 7.35. The summed E-state index contributed by atoms with van der Waals surface area (Å²) in [5.41, 5.74) is 1.03.